The van der Waals surface area contributed by atoms with Crippen molar-refractivity contribution in [2.45, 2.75) is 6.54 Å². The van der Waals surface area contributed by atoms with Gasteiger partial charge in [0.2, 0.25) is 0 Å². The van der Waals surface area contributed by atoms with Gasteiger partial charge in [-0.3, -0.25) is 14.7 Å². The van der Waals surface area contributed by atoms with Gasteiger partial charge >= 0.3 is 0 Å². The van der Waals surface area contributed by atoms with Crippen LogP contribution in [0.25, 0.3) is 11.3 Å². The van der Waals surface area contributed by atoms with E-state index in [9.17, 15) is 9.59 Å². The Labute approximate surface area is 184 Å². The molecule has 0 atom stereocenters. The first-order chi connectivity index (χ1) is 15.5. The lowest BCUT2D eigenvalue weighted by atomic mass is 10.1. The highest BCUT2D eigenvalue weighted by Gasteiger charge is 2.12. The van der Waals surface area contributed by atoms with Crippen molar-refractivity contribution in [3.05, 3.63) is 95.7 Å². The van der Waals surface area contributed by atoms with E-state index in [-0.39, 0.29) is 11.8 Å². The molecule has 4 aromatic rings. The van der Waals surface area contributed by atoms with Crippen molar-refractivity contribution in [3.63, 3.8) is 0 Å². The maximum atomic E-state index is 12.4. The lowest BCUT2D eigenvalue weighted by Gasteiger charge is -2.09. The van der Waals surface area contributed by atoms with Gasteiger partial charge in [-0.2, -0.15) is 5.10 Å². The average Bonchev–Trinajstić information content (AvgIpc) is 3.30. The Kier molecular flexibility index (Phi) is 5.85. The first-order valence-electron chi connectivity index (χ1n) is 9.94. The van der Waals surface area contributed by atoms with Crippen LogP contribution in [0.15, 0.2) is 78.9 Å². The molecule has 8 nitrogen and oxygen atoms in total. The molecule has 0 saturated carbocycles. The molecule has 160 valence electrons. The second kappa shape index (κ2) is 9.05. The molecule has 0 radical (unpaired) electrons. The standard InChI is InChI=1S/C24H22N6O2/c25-18-11-9-16(10-12-18)21-13-22(30-29-21)24(32)27-14-15-5-7-17(8-6-15)23(31)28-20-4-2-1-3-19(20)26/h1-13H,14,25-26H2,(H,27,32)(H,28,31)(H,29,30). The molecule has 0 aliphatic rings. The highest BCUT2D eigenvalue weighted by Crippen LogP contribution is 2.20. The minimum Gasteiger partial charge on any atom is -0.399 e. The van der Waals surface area contributed by atoms with Gasteiger partial charge < -0.3 is 22.1 Å². The van der Waals surface area contributed by atoms with E-state index in [1.165, 1.54) is 0 Å². The van der Waals surface area contributed by atoms with Crippen molar-refractivity contribution in [1.29, 1.82) is 0 Å². The van der Waals surface area contributed by atoms with E-state index in [4.69, 9.17) is 11.5 Å². The molecule has 0 aliphatic heterocycles. The summed E-state index contributed by atoms with van der Waals surface area (Å²) < 4.78 is 0. The Morgan fingerprint density at radius 2 is 1.59 bits per heavy atom. The van der Waals surface area contributed by atoms with Crippen molar-refractivity contribution >= 4 is 28.9 Å². The minimum atomic E-state index is -0.277. The van der Waals surface area contributed by atoms with Crippen LogP contribution >= 0.6 is 0 Å². The molecule has 32 heavy (non-hydrogen) atoms. The summed E-state index contributed by atoms with van der Waals surface area (Å²) in [4.78, 5) is 24.9. The van der Waals surface area contributed by atoms with Gasteiger partial charge in [-0.25, -0.2) is 0 Å². The van der Waals surface area contributed by atoms with Crippen LogP contribution in [-0.2, 0) is 6.54 Å². The molecule has 1 aromatic heterocycles. The summed E-state index contributed by atoms with van der Waals surface area (Å²) >= 11 is 0. The van der Waals surface area contributed by atoms with Gasteiger partial charge in [0.15, 0.2) is 0 Å². The highest BCUT2D eigenvalue weighted by atomic mass is 16.2. The largest absolute Gasteiger partial charge is 0.399 e. The van der Waals surface area contributed by atoms with Crippen molar-refractivity contribution in [2.75, 3.05) is 16.8 Å². The molecule has 0 unspecified atom stereocenters. The third-order valence-corrected chi connectivity index (χ3v) is 4.91. The summed E-state index contributed by atoms with van der Waals surface area (Å²) in [7, 11) is 0. The molecular formula is C24H22N6O2. The van der Waals surface area contributed by atoms with Crippen molar-refractivity contribution in [2.24, 2.45) is 0 Å². The number of carbonyl (C=O) groups is 2. The zero-order valence-corrected chi connectivity index (χ0v) is 17.1. The van der Waals surface area contributed by atoms with E-state index in [1.807, 2.05) is 12.1 Å². The molecule has 2 amide bonds. The third kappa shape index (κ3) is 4.76. The van der Waals surface area contributed by atoms with Crippen LogP contribution in [0.1, 0.15) is 26.4 Å². The lowest BCUT2D eigenvalue weighted by molar-refractivity contribution is 0.0945. The summed E-state index contributed by atoms with van der Waals surface area (Å²) in [5, 5.41) is 12.6. The number of H-pyrrole nitrogens is 1. The summed E-state index contributed by atoms with van der Waals surface area (Å²) in [5.74, 6) is -0.535. The Balaban J connectivity index is 1.34. The molecule has 3 aromatic carbocycles. The predicted molar refractivity (Wildman–Crippen MR) is 125 cm³/mol. The number of carbonyl (C=O) groups excluding carboxylic acids is 2. The molecule has 0 aliphatic carbocycles. The summed E-state index contributed by atoms with van der Waals surface area (Å²) in [5.41, 5.74) is 16.5. The van der Waals surface area contributed by atoms with Gasteiger partial charge in [-0.15, -0.1) is 0 Å². The molecular weight excluding hydrogens is 404 g/mol. The molecule has 8 heteroatoms. The molecule has 0 spiro atoms. The highest BCUT2D eigenvalue weighted by molar-refractivity contribution is 6.05. The third-order valence-electron chi connectivity index (χ3n) is 4.91. The quantitative estimate of drug-likeness (QED) is 0.301. The number of aromatic amines is 1. The fourth-order valence-electron chi connectivity index (χ4n) is 3.10. The molecule has 7 N–H and O–H groups in total. The van der Waals surface area contributed by atoms with Crippen LogP contribution in [-0.4, -0.2) is 22.0 Å². The Morgan fingerprint density at radius 3 is 2.31 bits per heavy atom. The summed E-state index contributed by atoms with van der Waals surface area (Å²) in [6.07, 6.45) is 0. The van der Waals surface area contributed by atoms with Crippen LogP contribution in [0.3, 0.4) is 0 Å². The fraction of sp³-hybridized carbons (Fsp3) is 0.0417. The number of nitrogen functional groups attached to an aromatic ring is 2. The van der Waals surface area contributed by atoms with Crippen LogP contribution in [0.4, 0.5) is 17.1 Å². The van der Waals surface area contributed by atoms with Crippen molar-refractivity contribution in [1.82, 2.24) is 15.5 Å². The smallest absolute Gasteiger partial charge is 0.269 e. The monoisotopic (exact) mass is 426 g/mol. The Hall–Kier alpha value is -4.59. The van der Waals surface area contributed by atoms with Crippen molar-refractivity contribution in [3.8, 4) is 11.3 Å². The van der Waals surface area contributed by atoms with Gasteiger partial charge in [-0.1, -0.05) is 36.4 Å². The van der Waals surface area contributed by atoms with E-state index in [0.29, 0.717) is 40.6 Å². The second-order valence-electron chi connectivity index (χ2n) is 7.21. The normalized spacial score (nSPS) is 10.5. The van der Waals surface area contributed by atoms with Gasteiger partial charge in [0.05, 0.1) is 17.1 Å². The molecule has 4 rings (SSSR count). The number of nitrogens with two attached hydrogens (primary N) is 2. The fourth-order valence-corrected chi connectivity index (χ4v) is 3.10. The number of hydrogen-bond donors (Lipinski definition) is 5. The number of nitrogens with one attached hydrogen (secondary N) is 3. The zero-order valence-electron chi connectivity index (χ0n) is 17.1. The van der Waals surface area contributed by atoms with Gasteiger partial charge in [-0.05, 0) is 48.0 Å². The number of benzene rings is 3. The Morgan fingerprint density at radius 1 is 0.875 bits per heavy atom. The summed E-state index contributed by atoms with van der Waals surface area (Å²) in [6.45, 7) is 0.308. The first kappa shape index (κ1) is 20.7. The number of nitrogens with zero attached hydrogens (tertiary/aromatic N) is 1. The minimum absolute atomic E-state index is 0.258. The molecule has 1 heterocycles. The number of rotatable bonds is 6. The predicted octanol–water partition coefficient (Wildman–Crippen LogP) is 3.42. The maximum absolute atomic E-state index is 12.4. The molecule has 0 saturated heterocycles. The number of amides is 2. The topological polar surface area (TPSA) is 139 Å². The molecule has 0 fully saturated rings. The van der Waals surface area contributed by atoms with Crippen LogP contribution in [0.5, 0.6) is 0 Å². The second-order valence-corrected chi connectivity index (χ2v) is 7.21. The van der Waals surface area contributed by atoms with E-state index < -0.39 is 0 Å². The van der Waals surface area contributed by atoms with E-state index in [1.54, 1.807) is 66.7 Å². The van der Waals surface area contributed by atoms with Gasteiger partial charge in [0, 0.05) is 23.4 Å². The lowest BCUT2D eigenvalue weighted by Crippen LogP contribution is -2.23. The molecule has 0 bridgehead atoms. The first-order valence-corrected chi connectivity index (χ1v) is 9.94. The number of anilines is 3. The SMILES string of the molecule is Nc1ccc(-c2cc(C(=O)NCc3ccc(C(=O)Nc4ccccc4N)cc3)[nH]n2)cc1. The van der Waals surface area contributed by atoms with Crippen LogP contribution < -0.4 is 22.1 Å². The number of para-hydroxylation sites is 2. The van der Waals surface area contributed by atoms with Gasteiger partial charge in [0.1, 0.15) is 5.69 Å². The Bertz CT molecular complexity index is 1250. The van der Waals surface area contributed by atoms with Crippen LogP contribution in [0.2, 0.25) is 0 Å². The van der Waals surface area contributed by atoms with E-state index >= 15 is 0 Å². The maximum Gasteiger partial charge on any atom is 0.269 e. The van der Waals surface area contributed by atoms with E-state index in [2.05, 4.69) is 20.8 Å². The number of aromatic nitrogens is 2. The zero-order chi connectivity index (χ0) is 22.5. The average molecular weight is 426 g/mol. The number of hydrogen-bond acceptors (Lipinski definition) is 5. The van der Waals surface area contributed by atoms with Crippen LogP contribution in [0, 0.1) is 0 Å². The van der Waals surface area contributed by atoms with E-state index in [0.717, 1.165) is 11.1 Å². The summed E-state index contributed by atoms with van der Waals surface area (Å²) in [6, 6.07) is 23.0. The van der Waals surface area contributed by atoms with Crippen molar-refractivity contribution < 1.29 is 9.59 Å². The van der Waals surface area contributed by atoms with Gasteiger partial charge in [0.25, 0.3) is 11.8 Å².